The third kappa shape index (κ3) is 4.87. The zero-order valence-electron chi connectivity index (χ0n) is 16.4. The average Bonchev–Trinajstić information content (AvgIpc) is 3.14. The first-order valence-corrected chi connectivity index (χ1v) is 9.97. The second-order valence-electron chi connectivity index (χ2n) is 6.38. The number of nitrogens with one attached hydrogen (secondary N) is 1. The van der Waals surface area contributed by atoms with E-state index in [1.165, 1.54) is 35.1 Å². The molecule has 0 aliphatic heterocycles. The molecule has 0 aliphatic rings. The first kappa shape index (κ1) is 21.1. The van der Waals surface area contributed by atoms with Gasteiger partial charge in [0, 0.05) is 11.6 Å². The molecule has 0 atom stereocenters. The minimum atomic E-state index is -0.671. The van der Waals surface area contributed by atoms with Crippen LogP contribution in [0.25, 0.3) is 10.6 Å². The summed E-state index contributed by atoms with van der Waals surface area (Å²) in [7, 11) is 0. The fourth-order valence-corrected chi connectivity index (χ4v) is 3.68. The number of rotatable bonds is 7. The summed E-state index contributed by atoms with van der Waals surface area (Å²) >= 11 is 1.19. The molecule has 0 spiro atoms. The Balaban J connectivity index is 1.64. The molecule has 0 radical (unpaired) electrons. The summed E-state index contributed by atoms with van der Waals surface area (Å²) in [5, 5.41) is 14.1. The number of ether oxygens (including phenoxy) is 1. The largest absolute Gasteiger partial charge is 0.451 e. The quantitative estimate of drug-likeness (QED) is 0.341. The van der Waals surface area contributed by atoms with Crippen molar-refractivity contribution in [2.24, 2.45) is 0 Å². The van der Waals surface area contributed by atoms with Crippen LogP contribution in [0.1, 0.15) is 27.9 Å². The fraction of sp³-hybridized carbons (Fsp3) is 0.190. The molecule has 8 nitrogen and oxygen atoms in total. The molecule has 0 aliphatic carbocycles. The molecule has 9 heteroatoms. The van der Waals surface area contributed by atoms with E-state index in [2.05, 4.69) is 17.2 Å². The molecule has 1 aromatic heterocycles. The van der Waals surface area contributed by atoms with Crippen LogP contribution in [-0.2, 0) is 16.0 Å². The monoisotopic (exact) mass is 425 g/mol. The third-order valence-electron chi connectivity index (χ3n) is 4.30. The molecule has 0 saturated carbocycles. The van der Waals surface area contributed by atoms with Crippen molar-refractivity contribution in [1.29, 1.82) is 0 Å². The number of para-hydroxylation sites is 2. The molecule has 2 aromatic carbocycles. The van der Waals surface area contributed by atoms with Gasteiger partial charge in [-0.2, -0.15) is 0 Å². The Morgan fingerprint density at radius 1 is 1.17 bits per heavy atom. The van der Waals surface area contributed by atoms with Gasteiger partial charge in [0.1, 0.15) is 15.6 Å². The van der Waals surface area contributed by atoms with Gasteiger partial charge < -0.3 is 10.1 Å². The van der Waals surface area contributed by atoms with Gasteiger partial charge in [0.2, 0.25) is 0 Å². The van der Waals surface area contributed by atoms with E-state index in [0.29, 0.717) is 15.6 Å². The predicted octanol–water partition coefficient (Wildman–Crippen LogP) is 4.38. The summed E-state index contributed by atoms with van der Waals surface area (Å²) < 4.78 is 5.08. The van der Waals surface area contributed by atoms with E-state index in [0.717, 1.165) is 12.0 Å². The SMILES string of the molecule is CCc1ccc(-c2nc(C)c(C(=O)OCC(=O)Nc3ccccc3[N+](=O)[O-])s2)cc1. The van der Waals surface area contributed by atoms with Crippen LogP contribution in [0.3, 0.4) is 0 Å². The smallest absolute Gasteiger partial charge is 0.350 e. The predicted molar refractivity (Wildman–Crippen MR) is 114 cm³/mol. The molecule has 1 amide bonds. The zero-order valence-corrected chi connectivity index (χ0v) is 17.2. The molecule has 1 heterocycles. The lowest BCUT2D eigenvalue weighted by molar-refractivity contribution is -0.383. The summed E-state index contributed by atoms with van der Waals surface area (Å²) in [6, 6.07) is 13.7. The third-order valence-corrected chi connectivity index (χ3v) is 5.49. The van der Waals surface area contributed by atoms with Crippen LogP contribution >= 0.6 is 11.3 Å². The second kappa shape index (κ2) is 9.27. The molecule has 30 heavy (non-hydrogen) atoms. The van der Waals surface area contributed by atoms with Gasteiger partial charge in [-0.3, -0.25) is 14.9 Å². The van der Waals surface area contributed by atoms with Crippen molar-refractivity contribution < 1.29 is 19.2 Å². The van der Waals surface area contributed by atoms with Crippen LogP contribution in [-0.4, -0.2) is 28.4 Å². The van der Waals surface area contributed by atoms with Gasteiger partial charge >= 0.3 is 5.97 Å². The van der Waals surface area contributed by atoms with Crippen LogP contribution < -0.4 is 5.32 Å². The van der Waals surface area contributed by atoms with Gasteiger partial charge in [0.05, 0.1) is 10.6 Å². The lowest BCUT2D eigenvalue weighted by Crippen LogP contribution is -2.21. The highest BCUT2D eigenvalue weighted by molar-refractivity contribution is 7.17. The van der Waals surface area contributed by atoms with Gasteiger partial charge in [0.25, 0.3) is 11.6 Å². The van der Waals surface area contributed by atoms with E-state index < -0.39 is 23.4 Å². The van der Waals surface area contributed by atoms with Crippen LogP contribution in [0, 0.1) is 17.0 Å². The number of esters is 1. The van der Waals surface area contributed by atoms with E-state index >= 15 is 0 Å². The number of thiazole rings is 1. The summed E-state index contributed by atoms with van der Waals surface area (Å²) in [4.78, 5) is 39.6. The summed E-state index contributed by atoms with van der Waals surface area (Å²) in [6.45, 7) is 3.20. The van der Waals surface area contributed by atoms with Gasteiger partial charge in [0.15, 0.2) is 6.61 Å². The maximum Gasteiger partial charge on any atom is 0.350 e. The van der Waals surface area contributed by atoms with Crippen molar-refractivity contribution in [3.8, 4) is 10.6 Å². The minimum absolute atomic E-state index is 0.0373. The van der Waals surface area contributed by atoms with Gasteiger partial charge in [-0.25, -0.2) is 9.78 Å². The Morgan fingerprint density at radius 2 is 1.87 bits per heavy atom. The second-order valence-corrected chi connectivity index (χ2v) is 7.38. The number of carbonyl (C=O) groups excluding carboxylic acids is 2. The number of benzene rings is 2. The number of carbonyl (C=O) groups is 2. The normalized spacial score (nSPS) is 10.5. The Labute approximate surface area is 176 Å². The Morgan fingerprint density at radius 3 is 2.53 bits per heavy atom. The van der Waals surface area contributed by atoms with Crippen molar-refractivity contribution >= 4 is 34.6 Å². The van der Waals surface area contributed by atoms with Crippen LogP contribution in [0.2, 0.25) is 0 Å². The van der Waals surface area contributed by atoms with E-state index in [4.69, 9.17) is 4.74 Å². The first-order chi connectivity index (χ1) is 14.4. The molecule has 0 unspecified atom stereocenters. The Bertz CT molecular complexity index is 1090. The maximum atomic E-state index is 12.4. The van der Waals surface area contributed by atoms with Gasteiger partial charge in [-0.15, -0.1) is 11.3 Å². The minimum Gasteiger partial charge on any atom is -0.451 e. The van der Waals surface area contributed by atoms with Crippen LogP contribution in [0.4, 0.5) is 11.4 Å². The number of aromatic nitrogens is 1. The zero-order chi connectivity index (χ0) is 21.7. The van der Waals surface area contributed by atoms with E-state index in [1.54, 1.807) is 13.0 Å². The fourth-order valence-electron chi connectivity index (χ4n) is 2.71. The van der Waals surface area contributed by atoms with Crippen molar-refractivity contribution in [2.75, 3.05) is 11.9 Å². The van der Waals surface area contributed by atoms with Crippen LogP contribution in [0.5, 0.6) is 0 Å². The molecular formula is C21H19N3O5S. The molecule has 0 bridgehead atoms. The lowest BCUT2D eigenvalue weighted by Gasteiger charge is -2.06. The highest BCUT2D eigenvalue weighted by Crippen LogP contribution is 2.29. The molecular weight excluding hydrogens is 406 g/mol. The number of anilines is 1. The number of amides is 1. The number of hydrogen-bond donors (Lipinski definition) is 1. The average molecular weight is 425 g/mol. The molecule has 0 saturated heterocycles. The van der Waals surface area contributed by atoms with E-state index in [-0.39, 0.29) is 11.4 Å². The molecule has 0 fully saturated rings. The van der Waals surface area contributed by atoms with E-state index in [1.807, 2.05) is 24.3 Å². The van der Waals surface area contributed by atoms with Gasteiger partial charge in [-0.05, 0) is 25.0 Å². The molecule has 1 N–H and O–H groups in total. The lowest BCUT2D eigenvalue weighted by atomic mass is 10.1. The number of nitro benzene ring substituents is 1. The Hall–Kier alpha value is -3.59. The van der Waals surface area contributed by atoms with Crippen molar-refractivity contribution in [3.63, 3.8) is 0 Å². The number of nitro groups is 1. The topological polar surface area (TPSA) is 111 Å². The Kier molecular flexibility index (Phi) is 6.53. The van der Waals surface area contributed by atoms with E-state index in [9.17, 15) is 19.7 Å². The summed E-state index contributed by atoms with van der Waals surface area (Å²) in [5.41, 5.74) is 2.41. The number of aryl methyl sites for hydroxylation is 2. The highest BCUT2D eigenvalue weighted by atomic mass is 32.1. The number of hydrogen-bond acceptors (Lipinski definition) is 7. The van der Waals surface area contributed by atoms with Crippen molar-refractivity contribution in [2.45, 2.75) is 20.3 Å². The molecule has 3 rings (SSSR count). The standard InChI is InChI=1S/C21H19N3O5S/c1-3-14-8-10-15(11-9-14)20-22-13(2)19(30-20)21(26)29-12-18(25)23-16-6-4-5-7-17(16)24(27)28/h4-11H,3,12H2,1-2H3,(H,23,25). The summed E-state index contributed by atoms with van der Waals surface area (Å²) in [6.07, 6.45) is 0.933. The molecule has 3 aromatic rings. The maximum absolute atomic E-state index is 12.4. The highest BCUT2D eigenvalue weighted by Gasteiger charge is 2.20. The summed E-state index contributed by atoms with van der Waals surface area (Å²) in [5.74, 6) is -1.34. The van der Waals surface area contributed by atoms with Crippen molar-refractivity contribution in [3.05, 3.63) is 74.8 Å². The molecule has 154 valence electrons. The number of nitrogens with zero attached hydrogens (tertiary/aromatic N) is 2. The van der Waals surface area contributed by atoms with Crippen molar-refractivity contribution in [1.82, 2.24) is 4.98 Å². The van der Waals surface area contributed by atoms with Gasteiger partial charge in [-0.1, -0.05) is 43.3 Å². The van der Waals surface area contributed by atoms with Crippen LogP contribution in [0.15, 0.2) is 48.5 Å². The first-order valence-electron chi connectivity index (χ1n) is 9.16.